The Balaban J connectivity index is 3.93. The Kier molecular flexibility index (Phi) is 7.21. The normalized spacial score (nSPS) is 13.8. The van der Waals surface area contributed by atoms with Gasteiger partial charge in [-0.15, -0.1) is 0 Å². The van der Waals surface area contributed by atoms with Gasteiger partial charge in [-0.05, 0) is 19.3 Å². The van der Waals surface area contributed by atoms with Crippen molar-refractivity contribution in [2.45, 2.75) is 20.3 Å². The third kappa shape index (κ3) is 5.36. The molecule has 13 heavy (non-hydrogen) atoms. The van der Waals surface area contributed by atoms with Crippen LogP contribution in [0.2, 0.25) is 0 Å². The van der Waals surface area contributed by atoms with Crippen LogP contribution < -0.4 is 5.32 Å². The van der Waals surface area contributed by atoms with Crippen LogP contribution in [-0.2, 0) is 4.79 Å². The van der Waals surface area contributed by atoms with E-state index < -0.39 is 0 Å². The number of rotatable bonds is 7. The molecule has 0 aliphatic heterocycles. The van der Waals surface area contributed by atoms with Crippen molar-refractivity contribution in [3.63, 3.8) is 0 Å². The Morgan fingerprint density at radius 3 is 2.77 bits per heavy atom. The minimum absolute atomic E-state index is 0.442. The molecular formula is C11H19NO. The van der Waals surface area contributed by atoms with Gasteiger partial charge in [0.1, 0.15) is 6.29 Å². The molecule has 0 amide bonds. The Labute approximate surface area is 80.7 Å². The molecule has 1 atom stereocenters. The van der Waals surface area contributed by atoms with E-state index in [4.69, 9.17) is 0 Å². The Morgan fingerprint density at radius 2 is 2.31 bits per heavy atom. The molecule has 1 unspecified atom stereocenters. The third-order valence-corrected chi connectivity index (χ3v) is 2.14. The highest BCUT2D eigenvalue weighted by Gasteiger charge is 2.06. The highest BCUT2D eigenvalue weighted by atomic mass is 16.1. The monoisotopic (exact) mass is 181 g/mol. The molecule has 0 aromatic carbocycles. The van der Waals surface area contributed by atoms with Crippen molar-refractivity contribution in [2.75, 3.05) is 13.1 Å². The molecule has 0 saturated heterocycles. The van der Waals surface area contributed by atoms with Crippen LogP contribution in [0.15, 0.2) is 24.3 Å². The smallest absolute Gasteiger partial charge is 0.133 e. The highest BCUT2D eigenvalue weighted by molar-refractivity contribution is 5.51. The van der Waals surface area contributed by atoms with E-state index in [2.05, 4.69) is 25.7 Å². The molecule has 74 valence electrons. The van der Waals surface area contributed by atoms with E-state index in [-0.39, 0.29) is 0 Å². The van der Waals surface area contributed by atoms with Crippen LogP contribution in [-0.4, -0.2) is 19.4 Å². The molecule has 0 radical (unpaired) electrons. The molecule has 0 aliphatic carbocycles. The van der Waals surface area contributed by atoms with Gasteiger partial charge >= 0.3 is 0 Å². The molecule has 1 N–H and O–H groups in total. The quantitative estimate of drug-likeness (QED) is 0.369. The minimum Gasteiger partial charge on any atom is -0.310 e. The first-order valence-electron chi connectivity index (χ1n) is 4.69. The van der Waals surface area contributed by atoms with Crippen LogP contribution in [0.4, 0.5) is 0 Å². The molecule has 0 aliphatic rings. The topological polar surface area (TPSA) is 29.1 Å². The molecule has 0 aromatic heterocycles. The maximum atomic E-state index is 10.1. The van der Waals surface area contributed by atoms with Crippen LogP contribution in [0, 0.1) is 5.92 Å². The summed E-state index contributed by atoms with van der Waals surface area (Å²) in [7, 11) is 0. The van der Waals surface area contributed by atoms with Gasteiger partial charge in [0, 0.05) is 6.54 Å². The zero-order valence-electron chi connectivity index (χ0n) is 8.55. The Bertz CT molecular complexity index is 185. The lowest BCUT2D eigenvalue weighted by molar-refractivity contribution is -0.107. The van der Waals surface area contributed by atoms with Crippen LogP contribution in [0.5, 0.6) is 0 Å². The first-order chi connectivity index (χ1) is 6.26. The van der Waals surface area contributed by atoms with E-state index in [0.29, 0.717) is 12.5 Å². The van der Waals surface area contributed by atoms with Gasteiger partial charge in [0.2, 0.25) is 0 Å². The fraction of sp³-hybridized carbons (Fsp3) is 0.545. The van der Waals surface area contributed by atoms with E-state index in [0.717, 1.165) is 19.3 Å². The van der Waals surface area contributed by atoms with Gasteiger partial charge in [0.15, 0.2) is 0 Å². The number of hydrogen-bond acceptors (Lipinski definition) is 2. The summed E-state index contributed by atoms with van der Waals surface area (Å²) in [5.74, 6) is 0.512. The van der Waals surface area contributed by atoms with E-state index >= 15 is 0 Å². The maximum Gasteiger partial charge on any atom is 0.133 e. The molecular weight excluding hydrogens is 162 g/mol. The molecule has 0 fully saturated rings. The number of hydrogen-bond donors (Lipinski definition) is 1. The fourth-order valence-electron chi connectivity index (χ4n) is 1.27. The summed E-state index contributed by atoms with van der Waals surface area (Å²) < 4.78 is 0. The van der Waals surface area contributed by atoms with Crippen molar-refractivity contribution in [1.29, 1.82) is 0 Å². The van der Waals surface area contributed by atoms with Crippen molar-refractivity contribution >= 4 is 6.29 Å². The second-order valence-electron chi connectivity index (χ2n) is 3.08. The third-order valence-electron chi connectivity index (χ3n) is 2.14. The van der Waals surface area contributed by atoms with Crippen molar-refractivity contribution in [2.24, 2.45) is 5.92 Å². The van der Waals surface area contributed by atoms with Gasteiger partial charge in [-0.1, -0.05) is 31.2 Å². The number of carbonyl (C=O) groups excluding carboxylic acids is 1. The summed E-state index contributed by atoms with van der Waals surface area (Å²) in [6.07, 6.45) is 5.80. The average molecular weight is 181 g/mol. The van der Waals surface area contributed by atoms with Gasteiger partial charge in [-0.3, -0.25) is 0 Å². The van der Waals surface area contributed by atoms with Crippen molar-refractivity contribution in [3.05, 3.63) is 24.3 Å². The summed E-state index contributed by atoms with van der Waals surface area (Å²) in [5, 5.41) is 3.08. The van der Waals surface area contributed by atoms with Gasteiger partial charge in [0.25, 0.3) is 0 Å². The van der Waals surface area contributed by atoms with E-state index in [1.807, 2.05) is 6.08 Å². The lowest BCUT2D eigenvalue weighted by Gasteiger charge is -2.15. The van der Waals surface area contributed by atoms with Gasteiger partial charge in [0.05, 0.1) is 6.54 Å². The van der Waals surface area contributed by atoms with Crippen molar-refractivity contribution in [3.8, 4) is 0 Å². The number of allylic oxidation sites excluding steroid dienone is 2. The first-order valence-corrected chi connectivity index (χ1v) is 4.69. The molecule has 0 spiro atoms. The molecule has 0 rings (SSSR count). The van der Waals surface area contributed by atoms with Crippen LogP contribution in [0.1, 0.15) is 20.3 Å². The highest BCUT2D eigenvalue weighted by Crippen LogP contribution is 2.13. The molecule has 2 nitrogen and oxygen atoms in total. The van der Waals surface area contributed by atoms with E-state index in [9.17, 15) is 4.79 Å². The standard InChI is InChI=1S/C11H19NO/c1-4-6-10(3)11(5-2)9-12-7-8-13/h4,6,8,11-12H,1,5,7,9H2,2-3H3. The zero-order chi connectivity index (χ0) is 10.1. The molecule has 0 saturated carbocycles. The maximum absolute atomic E-state index is 10.1. The zero-order valence-corrected chi connectivity index (χ0v) is 8.55. The summed E-state index contributed by atoms with van der Waals surface area (Å²) in [5.41, 5.74) is 1.32. The van der Waals surface area contributed by atoms with E-state index in [1.54, 1.807) is 6.08 Å². The molecule has 0 aromatic rings. The lowest BCUT2D eigenvalue weighted by atomic mass is 9.97. The molecule has 2 heteroatoms. The Morgan fingerprint density at radius 1 is 1.62 bits per heavy atom. The second-order valence-corrected chi connectivity index (χ2v) is 3.08. The largest absolute Gasteiger partial charge is 0.310 e. The minimum atomic E-state index is 0.442. The Hall–Kier alpha value is -0.890. The fourth-order valence-corrected chi connectivity index (χ4v) is 1.27. The molecule has 0 bridgehead atoms. The van der Waals surface area contributed by atoms with Crippen molar-refractivity contribution < 1.29 is 4.79 Å². The first kappa shape index (κ1) is 12.1. The van der Waals surface area contributed by atoms with E-state index in [1.165, 1.54) is 5.57 Å². The summed E-state index contributed by atoms with van der Waals surface area (Å²) >= 11 is 0. The van der Waals surface area contributed by atoms with Gasteiger partial charge < -0.3 is 10.1 Å². The predicted octanol–water partition coefficient (Wildman–Crippen LogP) is 1.93. The van der Waals surface area contributed by atoms with Gasteiger partial charge in [-0.2, -0.15) is 0 Å². The van der Waals surface area contributed by atoms with Crippen LogP contribution in [0.3, 0.4) is 0 Å². The summed E-state index contributed by atoms with van der Waals surface area (Å²) in [4.78, 5) is 10.1. The molecule has 0 heterocycles. The lowest BCUT2D eigenvalue weighted by Crippen LogP contribution is -2.24. The summed E-state index contributed by atoms with van der Waals surface area (Å²) in [6.45, 7) is 9.21. The average Bonchev–Trinajstić information content (AvgIpc) is 2.13. The summed E-state index contributed by atoms with van der Waals surface area (Å²) in [6, 6.07) is 0. The van der Waals surface area contributed by atoms with Crippen LogP contribution in [0.25, 0.3) is 0 Å². The van der Waals surface area contributed by atoms with Crippen molar-refractivity contribution in [1.82, 2.24) is 5.32 Å². The van der Waals surface area contributed by atoms with Crippen LogP contribution >= 0.6 is 0 Å². The SMILES string of the molecule is C=CC=C(C)C(CC)CNCC=O. The number of aldehydes is 1. The number of carbonyl (C=O) groups is 1. The predicted molar refractivity (Wildman–Crippen MR) is 56.7 cm³/mol. The number of nitrogens with one attached hydrogen (secondary N) is 1. The second kappa shape index (κ2) is 7.74. The van der Waals surface area contributed by atoms with Gasteiger partial charge in [-0.25, -0.2) is 0 Å².